The van der Waals surface area contributed by atoms with Crippen LogP contribution in [0.15, 0.2) is 24.3 Å². The first kappa shape index (κ1) is 15.2. The zero-order chi connectivity index (χ0) is 14.5. The number of hydrogen-bond donors (Lipinski definition) is 2. The first-order chi connectivity index (χ1) is 9.54. The Labute approximate surface area is 121 Å². The summed E-state index contributed by atoms with van der Waals surface area (Å²) in [6, 6.07) is 7.70. The molecule has 0 amide bonds. The molecule has 0 aromatic heterocycles. The van der Waals surface area contributed by atoms with Crippen LogP contribution in [0.4, 0.5) is 0 Å². The van der Waals surface area contributed by atoms with E-state index in [0.29, 0.717) is 12.5 Å². The average Bonchev–Trinajstić information content (AvgIpc) is 2.38. The van der Waals surface area contributed by atoms with Crippen LogP contribution in [-0.2, 0) is 26.4 Å². The number of carbonyl (C=O) groups excluding carboxylic acids is 1. The predicted octanol–water partition coefficient (Wildman–Crippen LogP) is 1.42. The summed E-state index contributed by atoms with van der Waals surface area (Å²) < 4.78 is 24.9. The number of hydrogen-bond acceptors (Lipinski definition) is 4. The SMILES string of the molecule is CC(=O)OC1CNCC(c2ccc(CS(=O)O)cc2)C1. The van der Waals surface area contributed by atoms with Gasteiger partial charge in [0.1, 0.15) is 6.10 Å². The molecule has 0 saturated carbocycles. The number of rotatable bonds is 4. The van der Waals surface area contributed by atoms with Crippen LogP contribution in [0.1, 0.15) is 30.4 Å². The van der Waals surface area contributed by atoms with Crippen molar-refractivity contribution in [2.45, 2.75) is 31.1 Å². The Hall–Kier alpha value is -1.24. The molecule has 0 spiro atoms. The van der Waals surface area contributed by atoms with Gasteiger partial charge in [0, 0.05) is 20.0 Å². The smallest absolute Gasteiger partial charge is 0.302 e. The van der Waals surface area contributed by atoms with Gasteiger partial charge in [0.05, 0.1) is 5.75 Å². The monoisotopic (exact) mass is 297 g/mol. The van der Waals surface area contributed by atoms with E-state index in [2.05, 4.69) is 5.32 Å². The van der Waals surface area contributed by atoms with Crippen LogP contribution < -0.4 is 5.32 Å². The van der Waals surface area contributed by atoms with Crippen molar-refractivity contribution < 1.29 is 18.3 Å². The van der Waals surface area contributed by atoms with E-state index in [9.17, 15) is 9.00 Å². The summed E-state index contributed by atoms with van der Waals surface area (Å²) in [5.41, 5.74) is 2.00. The summed E-state index contributed by atoms with van der Waals surface area (Å²) in [7, 11) is 0. The number of piperidine rings is 1. The highest BCUT2D eigenvalue weighted by molar-refractivity contribution is 7.78. The van der Waals surface area contributed by atoms with Crippen LogP contribution in [0.25, 0.3) is 0 Å². The first-order valence-electron chi connectivity index (χ1n) is 6.59. The van der Waals surface area contributed by atoms with Crippen molar-refractivity contribution in [3.8, 4) is 0 Å². The van der Waals surface area contributed by atoms with E-state index in [4.69, 9.17) is 9.29 Å². The molecule has 0 bridgehead atoms. The standard InChI is InChI=1S/C14H19NO4S/c1-10(16)19-14-6-13(7-15-8-14)12-4-2-11(3-5-12)9-20(17)18/h2-5,13-15H,6-9H2,1H3,(H,17,18). The van der Waals surface area contributed by atoms with Gasteiger partial charge in [0.25, 0.3) is 0 Å². The Morgan fingerprint density at radius 3 is 2.70 bits per heavy atom. The molecule has 5 nitrogen and oxygen atoms in total. The summed E-state index contributed by atoms with van der Waals surface area (Å²) in [6.07, 6.45) is 0.716. The fraction of sp³-hybridized carbons (Fsp3) is 0.500. The van der Waals surface area contributed by atoms with Gasteiger partial charge in [-0.25, -0.2) is 4.21 Å². The Morgan fingerprint density at radius 2 is 2.10 bits per heavy atom. The minimum Gasteiger partial charge on any atom is -0.461 e. The molecule has 3 unspecified atom stereocenters. The average molecular weight is 297 g/mol. The molecule has 1 aliphatic rings. The second-order valence-electron chi connectivity index (χ2n) is 5.03. The Bertz CT molecular complexity index is 488. The van der Waals surface area contributed by atoms with Crippen molar-refractivity contribution in [2.75, 3.05) is 13.1 Å². The van der Waals surface area contributed by atoms with Crippen molar-refractivity contribution in [1.82, 2.24) is 5.32 Å². The molecular formula is C14H19NO4S. The van der Waals surface area contributed by atoms with Crippen LogP contribution >= 0.6 is 0 Å². The third-order valence-electron chi connectivity index (χ3n) is 3.38. The molecule has 6 heteroatoms. The minimum atomic E-state index is -1.81. The van der Waals surface area contributed by atoms with E-state index in [0.717, 1.165) is 24.1 Å². The second-order valence-corrected chi connectivity index (χ2v) is 5.96. The van der Waals surface area contributed by atoms with Crippen LogP contribution in [0, 0.1) is 0 Å². The van der Waals surface area contributed by atoms with Crippen LogP contribution in [0.3, 0.4) is 0 Å². The molecule has 2 N–H and O–H groups in total. The molecule has 0 radical (unpaired) electrons. The minimum absolute atomic E-state index is 0.0872. The van der Waals surface area contributed by atoms with Gasteiger partial charge >= 0.3 is 5.97 Å². The molecule has 1 aromatic rings. The van der Waals surface area contributed by atoms with Gasteiger partial charge in [-0.1, -0.05) is 24.3 Å². The Kier molecular flexibility index (Phi) is 5.28. The Morgan fingerprint density at radius 1 is 1.40 bits per heavy atom. The molecule has 1 aromatic carbocycles. The fourth-order valence-electron chi connectivity index (χ4n) is 2.51. The number of esters is 1. The molecule has 2 rings (SSSR count). The van der Waals surface area contributed by atoms with E-state index in [1.54, 1.807) is 0 Å². The van der Waals surface area contributed by atoms with Crippen molar-refractivity contribution in [3.05, 3.63) is 35.4 Å². The predicted molar refractivity (Wildman–Crippen MR) is 76.7 cm³/mol. The van der Waals surface area contributed by atoms with E-state index in [1.165, 1.54) is 6.92 Å². The summed E-state index contributed by atoms with van der Waals surface area (Å²) >= 11 is -1.81. The third kappa shape index (κ3) is 4.40. The normalized spacial score (nSPS) is 24.1. The van der Waals surface area contributed by atoms with E-state index >= 15 is 0 Å². The van der Waals surface area contributed by atoms with Crippen LogP contribution in [-0.4, -0.2) is 33.9 Å². The van der Waals surface area contributed by atoms with Crippen molar-refractivity contribution in [1.29, 1.82) is 0 Å². The highest BCUT2D eigenvalue weighted by atomic mass is 32.2. The first-order valence-corrected chi connectivity index (χ1v) is 7.86. The van der Waals surface area contributed by atoms with Gasteiger partial charge < -0.3 is 14.6 Å². The Balaban J connectivity index is 1.99. The van der Waals surface area contributed by atoms with Crippen molar-refractivity contribution >= 4 is 17.0 Å². The van der Waals surface area contributed by atoms with Gasteiger partial charge in [-0.15, -0.1) is 0 Å². The van der Waals surface area contributed by atoms with Crippen molar-refractivity contribution in [3.63, 3.8) is 0 Å². The van der Waals surface area contributed by atoms with Gasteiger partial charge in [0.2, 0.25) is 0 Å². The summed E-state index contributed by atoms with van der Waals surface area (Å²) in [5.74, 6) is 0.194. The highest BCUT2D eigenvalue weighted by Crippen LogP contribution is 2.25. The number of carbonyl (C=O) groups is 1. The lowest BCUT2D eigenvalue weighted by Crippen LogP contribution is -2.40. The molecule has 20 heavy (non-hydrogen) atoms. The lowest BCUT2D eigenvalue weighted by molar-refractivity contribution is -0.147. The summed E-state index contributed by atoms with van der Waals surface area (Å²) in [4.78, 5) is 11.0. The van der Waals surface area contributed by atoms with Crippen LogP contribution in [0.5, 0.6) is 0 Å². The maximum Gasteiger partial charge on any atom is 0.302 e. The van der Waals surface area contributed by atoms with Gasteiger partial charge in [-0.3, -0.25) is 4.79 Å². The highest BCUT2D eigenvalue weighted by Gasteiger charge is 2.24. The lowest BCUT2D eigenvalue weighted by Gasteiger charge is -2.29. The number of nitrogens with one attached hydrogen (secondary N) is 1. The fourth-order valence-corrected chi connectivity index (χ4v) is 2.99. The molecule has 110 valence electrons. The van der Waals surface area contributed by atoms with Gasteiger partial charge in [-0.2, -0.15) is 0 Å². The molecule has 0 aliphatic carbocycles. The van der Waals surface area contributed by atoms with Crippen molar-refractivity contribution in [2.24, 2.45) is 0 Å². The molecule has 1 saturated heterocycles. The van der Waals surface area contributed by atoms with E-state index < -0.39 is 11.1 Å². The van der Waals surface area contributed by atoms with E-state index in [1.807, 2.05) is 24.3 Å². The number of benzene rings is 1. The molecule has 1 aliphatic heterocycles. The summed E-state index contributed by atoms with van der Waals surface area (Å²) in [5, 5.41) is 3.27. The third-order valence-corrected chi connectivity index (χ3v) is 3.96. The largest absolute Gasteiger partial charge is 0.461 e. The van der Waals surface area contributed by atoms with E-state index in [-0.39, 0.29) is 17.8 Å². The summed E-state index contributed by atoms with van der Waals surface area (Å²) in [6.45, 7) is 2.97. The van der Waals surface area contributed by atoms with Gasteiger partial charge in [-0.05, 0) is 23.5 Å². The second kappa shape index (κ2) is 6.97. The maximum absolute atomic E-state index is 11.0. The zero-order valence-corrected chi connectivity index (χ0v) is 12.2. The quantitative estimate of drug-likeness (QED) is 0.649. The van der Waals surface area contributed by atoms with Gasteiger partial charge in [0.15, 0.2) is 11.1 Å². The van der Waals surface area contributed by atoms with Crippen LogP contribution in [0.2, 0.25) is 0 Å². The molecule has 1 heterocycles. The molecule has 1 fully saturated rings. The molecule has 3 atom stereocenters. The zero-order valence-electron chi connectivity index (χ0n) is 11.4. The number of ether oxygens (including phenoxy) is 1. The topological polar surface area (TPSA) is 75.6 Å². The lowest BCUT2D eigenvalue weighted by atomic mass is 9.90. The maximum atomic E-state index is 11.0. The molecular weight excluding hydrogens is 278 g/mol.